The van der Waals surface area contributed by atoms with Gasteiger partial charge in [-0.3, -0.25) is 14.7 Å². The molecule has 1 aromatic carbocycles. The van der Waals surface area contributed by atoms with Crippen LogP contribution in [0.1, 0.15) is 17.4 Å². The van der Waals surface area contributed by atoms with Crippen LogP contribution in [0.15, 0.2) is 59.4 Å². The summed E-state index contributed by atoms with van der Waals surface area (Å²) in [6, 6.07) is 13.9. The van der Waals surface area contributed by atoms with E-state index in [1.165, 1.54) is 5.56 Å². The molecule has 1 fully saturated rings. The molecule has 7 nitrogen and oxygen atoms in total. The van der Waals surface area contributed by atoms with E-state index in [2.05, 4.69) is 37.5 Å². The van der Waals surface area contributed by atoms with Crippen molar-refractivity contribution in [3.05, 3.63) is 66.3 Å². The Morgan fingerprint density at radius 1 is 1.19 bits per heavy atom. The highest BCUT2D eigenvalue weighted by Gasteiger charge is 2.33. The van der Waals surface area contributed by atoms with Gasteiger partial charge in [0.1, 0.15) is 0 Å². The molecule has 1 amide bonds. The molecule has 27 heavy (non-hydrogen) atoms. The molecule has 0 bridgehead atoms. The number of carbonyl (C=O) groups is 1. The number of amides is 1. The van der Waals surface area contributed by atoms with Gasteiger partial charge in [-0.25, -0.2) is 0 Å². The zero-order valence-corrected chi connectivity index (χ0v) is 14.9. The molecule has 4 rings (SSSR count). The maximum Gasteiger partial charge on any atom is 0.234 e. The van der Waals surface area contributed by atoms with Crippen molar-refractivity contribution in [1.82, 2.24) is 25.3 Å². The maximum absolute atomic E-state index is 12.1. The number of aromatic nitrogens is 3. The maximum atomic E-state index is 12.1. The Bertz CT molecular complexity index is 876. The molecule has 138 valence electrons. The highest BCUT2D eigenvalue weighted by atomic mass is 16.5. The molecule has 0 atom stereocenters. The number of nitrogens with zero attached hydrogens (tertiary/aromatic N) is 4. The van der Waals surface area contributed by atoms with Gasteiger partial charge in [-0.05, 0) is 24.1 Å². The van der Waals surface area contributed by atoms with Crippen LogP contribution < -0.4 is 5.32 Å². The van der Waals surface area contributed by atoms with E-state index in [1.807, 2.05) is 30.3 Å². The molecular weight excluding hydrogens is 342 g/mol. The van der Waals surface area contributed by atoms with Gasteiger partial charge in [0.25, 0.3) is 0 Å². The van der Waals surface area contributed by atoms with Gasteiger partial charge in [0.2, 0.25) is 17.6 Å². The Balaban J connectivity index is 1.20. The zero-order chi connectivity index (χ0) is 18.5. The van der Waals surface area contributed by atoms with Crippen LogP contribution in [-0.2, 0) is 11.2 Å². The number of likely N-dealkylation sites (tertiary alicyclic amines) is 1. The SMILES string of the molecule is O=C(CN1CC(c2nc(-c3cccnc3)no2)C1)NCCc1ccccc1. The van der Waals surface area contributed by atoms with Gasteiger partial charge in [-0.15, -0.1) is 0 Å². The predicted molar refractivity (Wildman–Crippen MR) is 99.9 cm³/mol. The van der Waals surface area contributed by atoms with Crippen molar-refractivity contribution in [3.8, 4) is 11.4 Å². The van der Waals surface area contributed by atoms with Gasteiger partial charge in [0.15, 0.2) is 0 Å². The van der Waals surface area contributed by atoms with Crippen molar-refractivity contribution in [2.45, 2.75) is 12.3 Å². The van der Waals surface area contributed by atoms with Crippen molar-refractivity contribution in [1.29, 1.82) is 0 Å². The van der Waals surface area contributed by atoms with E-state index < -0.39 is 0 Å². The van der Waals surface area contributed by atoms with E-state index >= 15 is 0 Å². The normalized spacial score (nSPS) is 14.7. The van der Waals surface area contributed by atoms with Crippen LogP contribution >= 0.6 is 0 Å². The summed E-state index contributed by atoms with van der Waals surface area (Å²) in [7, 11) is 0. The summed E-state index contributed by atoms with van der Waals surface area (Å²) in [6.07, 6.45) is 4.26. The number of rotatable bonds is 7. The second kappa shape index (κ2) is 8.09. The zero-order valence-electron chi connectivity index (χ0n) is 14.9. The number of benzene rings is 1. The van der Waals surface area contributed by atoms with Crippen molar-refractivity contribution >= 4 is 5.91 Å². The summed E-state index contributed by atoms with van der Waals surface area (Å²) in [4.78, 5) is 22.7. The summed E-state index contributed by atoms with van der Waals surface area (Å²) in [5.41, 5.74) is 2.06. The fourth-order valence-corrected chi connectivity index (χ4v) is 3.12. The first kappa shape index (κ1) is 17.4. The van der Waals surface area contributed by atoms with Gasteiger partial charge < -0.3 is 9.84 Å². The molecule has 0 aliphatic carbocycles. The van der Waals surface area contributed by atoms with Gasteiger partial charge >= 0.3 is 0 Å². The molecular formula is C20H21N5O2. The van der Waals surface area contributed by atoms with Crippen LogP contribution in [0.4, 0.5) is 0 Å². The number of pyridine rings is 1. The lowest BCUT2D eigenvalue weighted by Crippen LogP contribution is -2.49. The monoisotopic (exact) mass is 363 g/mol. The van der Waals surface area contributed by atoms with Gasteiger partial charge in [0, 0.05) is 37.6 Å². The number of carbonyl (C=O) groups excluding carboxylic acids is 1. The fraction of sp³-hybridized carbons (Fsp3) is 0.300. The van der Waals surface area contributed by atoms with Crippen LogP contribution in [0.5, 0.6) is 0 Å². The summed E-state index contributed by atoms with van der Waals surface area (Å²) >= 11 is 0. The Kier molecular flexibility index (Phi) is 5.20. The third-order valence-corrected chi connectivity index (χ3v) is 4.61. The second-order valence-electron chi connectivity index (χ2n) is 6.67. The van der Waals surface area contributed by atoms with Crippen molar-refractivity contribution in [3.63, 3.8) is 0 Å². The smallest absolute Gasteiger partial charge is 0.234 e. The first-order valence-corrected chi connectivity index (χ1v) is 9.05. The third kappa shape index (κ3) is 4.38. The van der Waals surface area contributed by atoms with E-state index in [9.17, 15) is 4.79 Å². The van der Waals surface area contributed by atoms with E-state index in [-0.39, 0.29) is 11.8 Å². The Morgan fingerprint density at radius 2 is 2.04 bits per heavy atom. The van der Waals surface area contributed by atoms with Crippen molar-refractivity contribution in [2.24, 2.45) is 0 Å². The van der Waals surface area contributed by atoms with Gasteiger partial charge in [0.05, 0.1) is 12.5 Å². The lowest BCUT2D eigenvalue weighted by molar-refractivity contribution is -0.123. The van der Waals surface area contributed by atoms with Crippen LogP contribution in [-0.4, -0.2) is 52.1 Å². The largest absolute Gasteiger partial charge is 0.355 e. The minimum Gasteiger partial charge on any atom is -0.355 e. The number of hydrogen-bond donors (Lipinski definition) is 1. The Morgan fingerprint density at radius 3 is 2.81 bits per heavy atom. The van der Waals surface area contributed by atoms with Crippen molar-refractivity contribution in [2.75, 3.05) is 26.2 Å². The van der Waals surface area contributed by atoms with Crippen molar-refractivity contribution < 1.29 is 9.32 Å². The van der Waals surface area contributed by atoms with E-state index in [0.29, 0.717) is 24.8 Å². The lowest BCUT2D eigenvalue weighted by Gasteiger charge is -2.36. The summed E-state index contributed by atoms with van der Waals surface area (Å²) in [6.45, 7) is 2.55. The first-order chi connectivity index (χ1) is 13.3. The van der Waals surface area contributed by atoms with Crippen LogP contribution in [0.3, 0.4) is 0 Å². The molecule has 1 N–H and O–H groups in total. The average molecular weight is 363 g/mol. The standard InChI is InChI=1S/C20H21N5O2/c26-18(22-10-8-15-5-2-1-3-6-15)14-25-12-17(13-25)20-23-19(24-27-20)16-7-4-9-21-11-16/h1-7,9,11,17H,8,10,12-14H2,(H,22,26). The lowest BCUT2D eigenvalue weighted by atomic mass is 10.0. The molecule has 3 aromatic rings. The predicted octanol–water partition coefficient (Wildman–Crippen LogP) is 1.89. The molecule has 0 saturated carbocycles. The minimum atomic E-state index is 0.0472. The van der Waals surface area contributed by atoms with E-state index in [0.717, 1.165) is 25.1 Å². The first-order valence-electron chi connectivity index (χ1n) is 9.05. The third-order valence-electron chi connectivity index (χ3n) is 4.61. The Hall–Kier alpha value is -3.06. The number of hydrogen-bond acceptors (Lipinski definition) is 6. The van der Waals surface area contributed by atoms with Gasteiger partial charge in [-0.1, -0.05) is 35.5 Å². The molecule has 2 aromatic heterocycles. The molecule has 0 unspecified atom stereocenters. The van der Waals surface area contributed by atoms with E-state index in [1.54, 1.807) is 12.4 Å². The molecule has 7 heteroatoms. The molecule has 1 aliphatic rings. The van der Waals surface area contributed by atoms with Crippen LogP contribution in [0.25, 0.3) is 11.4 Å². The van der Waals surface area contributed by atoms with E-state index in [4.69, 9.17) is 4.52 Å². The molecule has 1 aliphatic heterocycles. The molecule has 1 saturated heterocycles. The summed E-state index contributed by atoms with van der Waals surface area (Å²) in [5, 5.41) is 6.99. The summed E-state index contributed by atoms with van der Waals surface area (Å²) < 4.78 is 5.37. The van der Waals surface area contributed by atoms with Gasteiger partial charge in [-0.2, -0.15) is 4.98 Å². The molecule has 0 spiro atoms. The average Bonchev–Trinajstić information content (AvgIpc) is 3.15. The topological polar surface area (TPSA) is 84.2 Å². The highest BCUT2D eigenvalue weighted by Crippen LogP contribution is 2.27. The Labute approximate surface area is 157 Å². The fourth-order valence-electron chi connectivity index (χ4n) is 3.12. The summed E-state index contributed by atoms with van der Waals surface area (Å²) in [5.74, 6) is 1.40. The van der Waals surface area contributed by atoms with Crippen LogP contribution in [0.2, 0.25) is 0 Å². The molecule has 0 radical (unpaired) electrons. The minimum absolute atomic E-state index is 0.0472. The second-order valence-corrected chi connectivity index (χ2v) is 6.67. The quantitative estimate of drug-likeness (QED) is 0.690. The van der Waals surface area contributed by atoms with Crippen LogP contribution in [0, 0.1) is 0 Å². The number of nitrogens with one attached hydrogen (secondary N) is 1. The molecule has 3 heterocycles. The highest BCUT2D eigenvalue weighted by molar-refractivity contribution is 5.78.